The molecule has 0 unspecified atom stereocenters. The van der Waals surface area contributed by atoms with Crippen LogP contribution < -0.4 is 5.32 Å². The van der Waals surface area contributed by atoms with E-state index in [9.17, 15) is 0 Å². The largest absolute Gasteiger partial charge is 0.491 e. The van der Waals surface area contributed by atoms with E-state index in [1.54, 1.807) is 0 Å². The van der Waals surface area contributed by atoms with Crippen LogP contribution in [0, 0.1) is 0 Å². The van der Waals surface area contributed by atoms with Crippen molar-refractivity contribution in [2.75, 3.05) is 6.61 Å². The van der Waals surface area contributed by atoms with Gasteiger partial charge in [0.1, 0.15) is 5.76 Å². The number of furan rings is 1. The molecule has 1 fully saturated rings. The van der Waals surface area contributed by atoms with E-state index >= 15 is 0 Å². The first-order valence-electron chi connectivity index (χ1n) is 5.43. The van der Waals surface area contributed by atoms with Gasteiger partial charge in [-0.05, 0) is 31.9 Å². The van der Waals surface area contributed by atoms with Crippen molar-refractivity contribution < 1.29 is 9.15 Å². The van der Waals surface area contributed by atoms with Crippen LogP contribution in [0.5, 0.6) is 0 Å². The van der Waals surface area contributed by atoms with Crippen LogP contribution in [-0.2, 0) is 11.3 Å². The Kier molecular flexibility index (Phi) is 3.11. The Morgan fingerprint density at radius 2 is 2.40 bits per heavy atom. The SMILES string of the molecule is C=C(OCC)c1ccc(CNC2CC2)o1. The molecule has 3 heteroatoms. The van der Waals surface area contributed by atoms with Gasteiger partial charge in [0.15, 0.2) is 11.5 Å². The molecule has 0 spiro atoms. The third-order valence-electron chi connectivity index (χ3n) is 2.40. The van der Waals surface area contributed by atoms with Crippen molar-refractivity contribution in [1.82, 2.24) is 5.32 Å². The summed E-state index contributed by atoms with van der Waals surface area (Å²) in [5.41, 5.74) is 0. The van der Waals surface area contributed by atoms with Crippen LogP contribution in [0.1, 0.15) is 31.3 Å². The molecule has 0 radical (unpaired) electrons. The van der Waals surface area contributed by atoms with Crippen LogP contribution in [0.3, 0.4) is 0 Å². The maximum Gasteiger partial charge on any atom is 0.168 e. The molecule has 1 aromatic heterocycles. The predicted molar refractivity (Wildman–Crippen MR) is 59.2 cm³/mol. The minimum Gasteiger partial charge on any atom is -0.491 e. The first-order chi connectivity index (χ1) is 7.29. The van der Waals surface area contributed by atoms with E-state index in [4.69, 9.17) is 9.15 Å². The summed E-state index contributed by atoms with van der Waals surface area (Å²) in [6, 6.07) is 4.57. The highest BCUT2D eigenvalue weighted by atomic mass is 16.5. The van der Waals surface area contributed by atoms with Gasteiger partial charge in [-0.3, -0.25) is 0 Å². The quantitative estimate of drug-likeness (QED) is 0.728. The molecule has 1 heterocycles. The van der Waals surface area contributed by atoms with E-state index in [-0.39, 0.29) is 0 Å². The zero-order valence-electron chi connectivity index (χ0n) is 9.08. The lowest BCUT2D eigenvalue weighted by atomic mass is 10.4. The average Bonchev–Trinajstić information content (AvgIpc) is 2.93. The van der Waals surface area contributed by atoms with Crippen molar-refractivity contribution in [2.24, 2.45) is 0 Å². The van der Waals surface area contributed by atoms with Gasteiger partial charge in [-0.25, -0.2) is 0 Å². The van der Waals surface area contributed by atoms with Crippen molar-refractivity contribution in [3.8, 4) is 0 Å². The second-order valence-electron chi connectivity index (χ2n) is 3.78. The van der Waals surface area contributed by atoms with E-state index in [1.807, 2.05) is 19.1 Å². The fourth-order valence-electron chi connectivity index (χ4n) is 1.40. The standard InChI is InChI=1S/C12H17NO2/c1-3-14-9(2)12-7-6-11(15-12)8-13-10-4-5-10/h6-7,10,13H,2-5,8H2,1H3. The van der Waals surface area contributed by atoms with Gasteiger partial charge in [0.05, 0.1) is 13.2 Å². The molecule has 3 nitrogen and oxygen atoms in total. The van der Waals surface area contributed by atoms with E-state index in [0.717, 1.165) is 18.1 Å². The van der Waals surface area contributed by atoms with Gasteiger partial charge in [-0.15, -0.1) is 0 Å². The van der Waals surface area contributed by atoms with Gasteiger partial charge in [0.2, 0.25) is 0 Å². The Hall–Kier alpha value is -1.22. The molecule has 0 saturated heterocycles. The molecule has 0 atom stereocenters. The molecule has 15 heavy (non-hydrogen) atoms. The van der Waals surface area contributed by atoms with Crippen molar-refractivity contribution in [3.63, 3.8) is 0 Å². The van der Waals surface area contributed by atoms with Gasteiger partial charge in [-0.2, -0.15) is 0 Å². The minimum atomic E-state index is 0.607. The molecule has 1 saturated carbocycles. The normalized spacial score (nSPS) is 15.3. The van der Waals surface area contributed by atoms with E-state index in [2.05, 4.69) is 11.9 Å². The highest BCUT2D eigenvalue weighted by Gasteiger charge is 2.20. The summed E-state index contributed by atoms with van der Waals surface area (Å²) in [6.07, 6.45) is 2.58. The zero-order valence-corrected chi connectivity index (χ0v) is 9.08. The molecule has 0 aromatic carbocycles. The highest BCUT2D eigenvalue weighted by Crippen LogP contribution is 2.21. The molecule has 1 aliphatic rings. The maximum atomic E-state index is 5.59. The van der Waals surface area contributed by atoms with Crippen LogP contribution in [0.4, 0.5) is 0 Å². The van der Waals surface area contributed by atoms with Crippen molar-refractivity contribution in [3.05, 3.63) is 30.2 Å². The van der Waals surface area contributed by atoms with E-state index < -0.39 is 0 Å². The predicted octanol–water partition coefficient (Wildman–Crippen LogP) is 2.54. The molecule has 82 valence electrons. The zero-order chi connectivity index (χ0) is 10.7. The molecule has 2 rings (SSSR count). The van der Waals surface area contributed by atoms with Crippen LogP contribution in [0.2, 0.25) is 0 Å². The van der Waals surface area contributed by atoms with Crippen molar-refractivity contribution >= 4 is 5.76 Å². The molecule has 1 aromatic rings. The average molecular weight is 207 g/mol. The molecule has 0 amide bonds. The number of hydrogen-bond acceptors (Lipinski definition) is 3. The molecule has 1 aliphatic carbocycles. The Balaban J connectivity index is 1.87. The van der Waals surface area contributed by atoms with E-state index in [0.29, 0.717) is 18.4 Å². The molecular formula is C12H17NO2. The fraction of sp³-hybridized carbons (Fsp3) is 0.500. The van der Waals surface area contributed by atoms with Crippen LogP contribution in [-0.4, -0.2) is 12.6 Å². The topological polar surface area (TPSA) is 34.4 Å². The van der Waals surface area contributed by atoms with E-state index in [1.165, 1.54) is 12.8 Å². The summed E-state index contributed by atoms with van der Waals surface area (Å²) in [6.45, 7) is 7.15. The van der Waals surface area contributed by atoms with Crippen LogP contribution in [0.15, 0.2) is 23.1 Å². The third kappa shape index (κ3) is 2.86. The van der Waals surface area contributed by atoms with Gasteiger partial charge in [0.25, 0.3) is 0 Å². The molecular weight excluding hydrogens is 190 g/mol. The van der Waals surface area contributed by atoms with Crippen LogP contribution in [0.25, 0.3) is 5.76 Å². The smallest absolute Gasteiger partial charge is 0.168 e. The second-order valence-corrected chi connectivity index (χ2v) is 3.78. The summed E-state index contributed by atoms with van der Waals surface area (Å²) in [5, 5.41) is 3.39. The first kappa shape index (κ1) is 10.3. The number of rotatable bonds is 6. The lowest BCUT2D eigenvalue weighted by molar-refractivity contribution is 0.286. The molecule has 0 bridgehead atoms. The van der Waals surface area contributed by atoms with Gasteiger partial charge in [0, 0.05) is 6.04 Å². The lowest BCUT2D eigenvalue weighted by Gasteiger charge is -2.03. The first-order valence-corrected chi connectivity index (χ1v) is 5.43. The highest BCUT2D eigenvalue weighted by molar-refractivity contribution is 5.51. The summed E-state index contributed by atoms with van der Waals surface area (Å²) in [7, 11) is 0. The molecule has 1 N–H and O–H groups in total. The monoisotopic (exact) mass is 207 g/mol. The van der Waals surface area contributed by atoms with Gasteiger partial charge >= 0.3 is 0 Å². The van der Waals surface area contributed by atoms with Crippen LogP contribution >= 0.6 is 0 Å². The Labute approximate surface area is 90.1 Å². The number of ether oxygens (including phenoxy) is 1. The molecule has 0 aliphatic heterocycles. The summed E-state index contributed by atoms with van der Waals surface area (Å²) >= 11 is 0. The third-order valence-corrected chi connectivity index (χ3v) is 2.40. The number of nitrogens with one attached hydrogen (secondary N) is 1. The Morgan fingerprint density at radius 3 is 3.07 bits per heavy atom. The Bertz CT molecular complexity index is 339. The van der Waals surface area contributed by atoms with Gasteiger partial charge in [-0.1, -0.05) is 6.58 Å². The summed E-state index contributed by atoms with van der Waals surface area (Å²) < 4.78 is 10.9. The van der Waals surface area contributed by atoms with Crippen molar-refractivity contribution in [2.45, 2.75) is 32.4 Å². The fourth-order valence-corrected chi connectivity index (χ4v) is 1.40. The second kappa shape index (κ2) is 4.53. The summed E-state index contributed by atoms with van der Waals surface area (Å²) in [4.78, 5) is 0. The Morgan fingerprint density at radius 1 is 1.60 bits per heavy atom. The van der Waals surface area contributed by atoms with Gasteiger partial charge < -0.3 is 14.5 Å². The lowest BCUT2D eigenvalue weighted by Crippen LogP contribution is -2.14. The minimum absolute atomic E-state index is 0.607. The maximum absolute atomic E-state index is 5.59. The van der Waals surface area contributed by atoms with Crippen molar-refractivity contribution in [1.29, 1.82) is 0 Å². The number of hydrogen-bond donors (Lipinski definition) is 1. The summed E-state index contributed by atoms with van der Waals surface area (Å²) in [5.74, 6) is 2.28.